The Hall–Kier alpha value is -3.21. The van der Waals surface area contributed by atoms with Gasteiger partial charge in [-0.25, -0.2) is 19.3 Å². The zero-order valence-corrected chi connectivity index (χ0v) is 20.4. The van der Waals surface area contributed by atoms with Crippen molar-refractivity contribution in [3.05, 3.63) is 29.5 Å². The van der Waals surface area contributed by atoms with Crippen molar-refractivity contribution in [2.75, 3.05) is 18.4 Å². The van der Waals surface area contributed by atoms with Crippen LogP contribution in [0.5, 0.6) is 0 Å². The smallest absolute Gasteiger partial charge is 0.407 e. The van der Waals surface area contributed by atoms with Gasteiger partial charge in [-0.15, -0.1) is 11.3 Å². The minimum Gasteiger partial charge on any atom is -0.465 e. The van der Waals surface area contributed by atoms with E-state index in [4.69, 9.17) is 4.98 Å². The molecule has 0 radical (unpaired) electrons. The van der Waals surface area contributed by atoms with Gasteiger partial charge in [0, 0.05) is 48.9 Å². The van der Waals surface area contributed by atoms with Gasteiger partial charge in [0.2, 0.25) is 0 Å². The fraction of sp³-hybridized carbons (Fsp3) is 0.542. The normalized spacial score (nSPS) is 19.6. The summed E-state index contributed by atoms with van der Waals surface area (Å²) in [7, 11) is 0. The van der Waals surface area contributed by atoms with E-state index in [1.54, 1.807) is 37.9 Å². The molecule has 3 aliphatic rings. The average molecular weight is 496 g/mol. The molecule has 1 atom stereocenters. The van der Waals surface area contributed by atoms with Crippen LogP contribution in [0.2, 0.25) is 0 Å². The van der Waals surface area contributed by atoms with Crippen LogP contribution >= 0.6 is 11.3 Å². The molecule has 6 rings (SSSR count). The Morgan fingerprint density at radius 3 is 2.57 bits per heavy atom. The number of hydrogen-bond donors (Lipinski definition) is 2. The molecule has 1 aliphatic heterocycles. The third-order valence-corrected chi connectivity index (χ3v) is 8.22. The molecule has 4 heterocycles. The van der Waals surface area contributed by atoms with E-state index < -0.39 is 6.09 Å². The summed E-state index contributed by atoms with van der Waals surface area (Å²) >= 11 is 1.56. The summed E-state index contributed by atoms with van der Waals surface area (Å²) in [6, 6.07) is 2.15. The zero-order chi connectivity index (χ0) is 24.1. The number of amides is 2. The molecule has 0 spiro atoms. The fourth-order valence-corrected chi connectivity index (χ4v) is 5.84. The van der Waals surface area contributed by atoms with Crippen LogP contribution in [-0.2, 0) is 0 Å². The van der Waals surface area contributed by atoms with Gasteiger partial charge in [0.1, 0.15) is 16.3 Å². The molecule has 2 amide bonds. The summed E-state index contributed by atoms with van der Waals surface area (Å²) < 4.78 is 1.79. The lowest BCUT2D eigenvalue weighted by atomic mass is 10.0. The van der Waals surface area contributed by atoms with Crippen molar-refractivity contribution in [2.24, 2.45) is 5.92 Å². The predicted octanol–water partition coefficient (Wildman–Crippen LogP) is 3.81. The number of nitrogens with one attached hydrogen (secondary N) is 1. The first-order chi connectivity index (χ1) is 17.0. The van der Waals surface area contributed by atoms with Gasteiger partial charge in [-0.2, -0.15) is 5.10 Å². The summed E-state index contributed by atoms with van der Waals surface area (Å²) in [6.45, 7) is 3.18. The number of carbonyl (C=O) groups excluding carboxylic acids is 1. The van der Waals surface area contributed by atoms with Crippen LogP contribution in [0.1, 0.15) is 55.9 Å². The van der Waals surface area contributed by atoms with Gasteiger partial charge >= 0.3 is 6.09 Å². The highest BCUT2D eigenvalue weighted by atomic mass is 32.1. The number of fused-ring (bicyclic) bond motifs is 1. The van der Waals surface area contributed by atoms with Crippen LogP contribution in [-0.4, -0.2) is 77.7 Å². The zero-order valence-electron chi connectivity index (χ0n) is 19.6. The second-order valence-electron chi connectivity index (χ2n) is 9.89. The van der Waals surface area contributed by atoms with Gasteiger partial charge in [0.15, 0.2) is 5.82 Å². The first-order valence-corrected chi connectivity index (χ1v) is 13.2. The number of likely N-dealkylation sites (tertiary alicyclic amines) is 1. The maximum Gasteiger partial charge on any atom is 0.407 e. The number of rotatable bonds is 7. The SMILES string of the molecule is C[C@H](Nc1cc(C(=O)N2CCC(N(C(=O)O)C3CC3)CC2)nc(-c2cnn3ccsc23)n1)C1CC1. The second-order valence-corrected chi connectivity index (χ2v) is 10.8. The molecule has 2 aliphatic carbocycles. The maximum atomic E-state index is 13.5. The van der Waals surface area contributed by atoms with E-state index in [0.29, 0.717) is 49.2 Å². The molecule has 1 saturated heterocycles. The van der Waals surface area contributed by atoms with Gasteiger partial charge < -0.3 is 20.2 Å². The van der Waals surface area contributed by atoms with Crippen molar-refractivity contribution in [1.82, 2.24) is 29.4 Å². The number of anilines is 1. The third kappa shape index (κ3) is 4.44. The fourth-order valence-electron chi connectivity index (χ4n) is 5.05. The van der Waals surface area contributed by atoms with Crippen molar-refractivity contribution in [3.63, 3.8) is 0 Å². The first-order valence-electron chi connectivity index (χ1n) is 12.4. The van der Waals surface area contributed by atoms with Crippen LogP contribution < -0.4 is 5.32 Å². The molecule has 11 heteroatoms. The van der Waals surface area contributed by atoms with Crippen LogP contribution in [0.4, 0.5) is 10.6 Å². The average Bonchev–Trinajstić information content (AvgIpc) is 3.77. The van der Waals surface area contributed by atoms with Crippen LogP contribution in [0.3, 0.4) is 0 Å². The Kier molecular flexibility index (Phi) is 5.58. The standard InChI is InChI=1S/C24H29N7O3S/c1-14(15-2-3-15)26-20-12-19(27-21(28-20)18-13-25-30-10-11-35-23(18)30)22(32)29-8-6-17(7-9-29)31(24(33)34)16-4-5-16/h10-17H,2-9H2,1H3,(H,33,34)(H,26,27,28)/t14-/m0/s1. The molecule has 2 saturated carbocycles. The van der Waals surface area contributed by atoms with Gasteiger partial charge in [0.25, 0.3) is 5.91 Å². The van der Waals surface area contributed by atoms with Crippen LogP contribution in [0.25, 0.3) is 16.2 Å². The van der Waals surface area contributed by atoms with E-state index >= 15 is 0 Å². The predicted molar refractivity (Wildman–Crippen MR) is 132 cm³/mol. The summed E-state index contributed by atoms with van der Waals surface area (Å²) in [5, 5.41) is 19.5. The van der Waals surface area contributed by atoms with E-state index in [9.17, 15) is 14.7 Å². The first kappa shape index (κ1) is 22.3. The monoisotopic (exact) mass is 495 g/mol. The number of carboxylic acid groups (broad SMARTS) is 1. The van der Waals surface area contributed by atoms with Gasteiger partial charge in [-0.05, 0) is 51.4 Å². The summed E-state index contributed by atoms with van der Waals surface area (Å²) in [5.74, 6) is 1.63. The molecule has 35 heavy (non-hydrogen) atoms. The summed E-state index contributed by atoms with van der Waals surface area (Å²) in [4.78, 5) is 39.0. The van der Waals surface area contributed by atoms with Crippen molar-refractivity contribution in [3.8, 4) is 11.4 Å². The molecule has 2 N–H and O–H groups in total. The molecular weight excluding hydrogens is 466 g/mol. The Morgan fingerprint density at radius 1 is 1.14 bits per heavy atom. The van der Waals surface area contributed by atoms with Crippen molar-refractivity contribution in [1.29, 1.82) is 0 Å². The quantitative estimate of drug-likeness (QED) is 0.512. The highest BCUT2D eigenvalue weighted by molar-refractivity contribution is 7.16. The largest absolute Gasteiger partial charge is 0.465 e. The molecule has 184 valence electrons. The Balaban J connectivity index is 1.25. The molecule has 0 unspecified atom stereocenters. The molecule has 3 aromatic rings. The van der Waals surface area contributed by atoms with Crippen LogP contribution in [0.15, 0.2) is 23.8 Å². The minimum absolute atomic E-state index is 0.0267. The number of carbonyl (C=O) groups is 2. The van der Waals surface area contributed by atoms with E-state index in [2.05, 4.69) is 22.3 Å². The lowest BCUT2D eigenvalue weighted by Crippen LogP contribution is -2.49. The number of hydrogen-bond acceptors (Lipinski definition) is 7. The molecular formula is C24H29N7O3S. The number of thiazole rings is 1. The third-order valence-electron chi connectivity index (χ3n) is 7.33. The van der Waals surface area contributed by atoms with Crippen molar-refractivity contribution >= 4 is 34.0 Å². The summed E-state index contributed by atoms with van der Waals surface area (Å²) in [5.41, 5.74) is 1.16. The molecule has 3 aromatic heterocycles. The Labute approximate surface area is 207 Å². The van der Waals surface area contributed by atoms with E-state index in [1.165, 1.54) is 12.8 Å². The Morgan fingerprint density at radius 2 is 1.89 bits per heavy atom. The van der Waals surface area contributed by atoms with Gasteiger partial charge in [-0.3, -0.25) is 4.79 Å². The van der Waals surface area contributed by atoms with Crippen molar-refractivity contribution in [2.45, 2.75) is 63.6 Å². The van der Waals surface area contributed by atoms with Crippen molar-refractivity contribution < 1.29 is 14.7 Å². The van der Waals surface area contributed by atoms with Crippen LogP contribution in [0, 0.1) is 5.92 Å². The topological polar surface area (TPSA) is 116 Å². The summed E-state index contributed by atoms with van der Waals surface area (Å²) in [6.07, 6.45) is 8.38. The van der Waals surface area contributed by atoms with E-state index in [-0.39, 0.29) is 24.0 Å². The van der Waals surface area contributed by atoms with Gasteiger partial charge in [-0.1, -0.05) is 0 Å². The molecule has 0 aromatic carbocycles. The molecule has 10 nitrogen and oxygen atoms in total. The lowest BCUT2D eigenvalue weighted by molar-refractivity contribution is 0.0599. The van der Waals surface area contributed by atoms with E-state index in [1.807, 2.05) is 11.6 Å². The van der Waals surface area contributed by atoms with Gasteiger partial charge in [0.05, 0.1) is 11.8 Å². The maximum absolute atomic E-state index is 13.5. The second kappa shape index (κ2) is 8.78. The lowest BCUT2D eigenvalue weighted by Gasteiger charge is -2.37. The number of nitrogens with zero attached hydrogens (tertiary/aromatic N) is 6. The Bertz CT molecular complexity index is 1260. The minimum atomic E-state index is -0.848. The number of piperidine rings is 1. The number of aromatic nitrogens is 4. The van der Waals surface area contributed by atoms with E-state index in [0.717, 1.165) is 23.2 Å². The highest BCUT2D eigenvalue weighted by Gasteiger charge is 2.39. The molecule has 3 fully saturated rings. The highest BCUT2D eigenvalue weighted by Crippen LogP contribution is 2.35. The molecule has 0 bridgehead atoms.